The van der Waals surface area contributed by atoms with Gasteiger partial charge in [-0.1, -0.05) is 17.5 Å². The molecule has 6 heteroatoms. The Hall–Kier alpha value is -1.95. The zero-order valence-electron chi connectivity index (χ0n) is 10.0. The topological polar surface area (TPSA) is 66.9 Å². The zero-order chi connectivity index (χ0) is 12.8. The van der Waals surface area contributed by atoms with Gasteiger partial charge in [-0.3, -0.25) is 4.79 Å². The van der Waals surface area contributed by atoms with Gasteiger partial charge in [0.05, 0.1) is 12.2 Å². The molecule has 0 saturated carbocycles. The molecule has 2 aromatic rings. The quantitative estimate of drug-likeness (QED) is 0.868. The van der Waals surface area contributed by atoms with E-state index in [1.165, 1.54) is 11.5 Å². The van der Waals surface area contributed by atoms with E-state index in [4.69, 9.17) is 0 Å². The molecule has 0 atom stereocenters. The molecule has 0 aliphatic heterocycles. The summed E-state index contributed by atoms with van der Waals surface area (Å²) in [6, 6.07) is 7.60. The smallest absolute Gasteiger partial charge is 0.224 e. The van der Waals surface area contributed by atoms with Gasteiger partial charge in [0, 0.05) is 23.2 Å². The van der Waals surface area contributed by atoms with Crippen LogP contribution in [0.25, 0.3) is 0 Å². The Kier molecular flexibility index (Phi) is 4.25. The number of hydrogen-bond acceptors (Lipinski definition) is 5. The van der Waals surface area contributed by atoms with Gasteiger partial charge in [-0.2, -0.15) is 0 Å². The highest BCUT2D eigenvalue weighted by molar-refractivity contribution is 7.03. The van der Waals surface area contributed by atoms with Gasteiger partial charge in [0.2, 0.25) is 5.91 Å². The summed E-state index contributed by atoms with van der Waals surface area (Å²) in [6.45, 7) is 2.45. The number of rotatable bonds is 5. The van der Waals surface area contributed by atoms with Gasteiger partial charge >= 0.3 is 0 Å². The van der Waals surface area contributed by atoms with Crippen LogP contribution in [0.4, 0.5) is 11.4 Å². The minimum atomic E-state index is 0.0100. The van der Waals surface area contributed by atoms with E-state index in [9.17, 15) is 4.79 Å². The predicted molar refractivity (Wildman–Crippen MR) is 72.6 cm³/mol. The van der Waals surface area contributed by atoms with Crippen LogP contribution < -0.4 is 10.6 Å². The van der Waals surface area contributed by atoms with Crippen molar-refractivity contribution >= 4 is 28.8 Å². The first kappa shape index (κ1) is 12.5. The fourth-order valence-corrected chi connectivity index (χ4v) is 1.86. The molecule has 0 aliphatic carbocycles. The highest BCUT2D eigenvalue weighted by atomic mass is 32.1. The lowest BCUT2D eigenvalue weighted by molar-refractivity contribution is -0.115. The Morgan fingerprint density at radius 1 is 1.39 bits per heavy atom. The molecule has 0 unspecified atom stereocenters. The summed E-state index contributed by atoms with van der Waals surface area (Å²) in [4.78, 5) is 11.3. The van der Waals surface area contributed by atoms with Gasteiger partial charge in [0.15, 0.2) is 0 Å². The molecule has 0 spiro atoms. The Labute approximate surface area is 109 Å². The van der Waals surface area contributed by atoms with Gasteiger partial charge in [0.25, 0.3) is 0 Å². The van der Waals surface area contributed by atoms with Crippen molar-refractivity contribution in [2.24, 2.45) is 0 Å². The second-order valence-electron chi connectivity index (χ2n) is 3.73. The first-order valence-electron chi connectivity index (χ1n) is 5.67. The number of carbonyl (C=O) groups is 1. The highest BCUT2D eigenvalue weighted by Crippen LogP contribution is 2.16. The second-order valence-corrected chi connectivity index (χ2v) is 4.34. The average Bonchev–Trinajstić information content (AvgIpc) is 2.90. The lowest BCUT2D eigenvalue weighted by Gasteiger charge is -2.07. The first-order valence-corrected chi connectivity index (χ1v) is 6.51. The third kappa shape index (κ3) is 3.53. The summed E-state index contributed by atoms with van der Waals surface area (Å²) < 4.78 is 3.80. The number of nitrogens with one attached hydrogen (secondary N) is 2. The number of hydrogen-bond donors (Lipinski definition) is 2. The number of anilines is 2. The van der Waals surface area contributed by atoms with Crippen molar-refractivity contribution in [3.63, 3.8) is 0 Å². The molecule has 2 N–H and O–H groups in total. The van der Waals surface area contributed by atoms with Crippen molar-refractivity contribution in [1.29, 1.82) is 0 Å². The molecule has 0 fully saturated rings. The van der Waals surface area contributed by atoms with Crippen LogP contribution in [-0.4, -0.2) is 15.5 Å². The van der Waals surface area contributed by atoms with Gasteiger partial charge in [-0.15, -0.1) is 5.10 Å². The van der Waals surface area contributed by atoms with Crippen molar-refractivity contribution in [1.82, 2.24) is 9.59 Å². The molecule has 1 aromatic heterocycles. The highest BCUT2D eigenvalue weighted by Gasteiger charge is 2.01. The molecule has 0 aliphatic rings. The van der Waals surface area contributed by atoms with Crippen molar-refractivity contribution in [3.05, 3.63) is 35.3 Å². The fourth-order valence-electron chi connectivity index (χ4n) is 1.41. The van der Waals surface area contributed by atoms with Crippen LogP contribution >= 0.6 is 11.5 Å². The Morgan fingerprint density at radius 2 is 2.22 bits per heavy atom. The van der Waals surface area contributed by atoms with E-state index in [2.05, 4.69) is 20.2 Å². The Bertz CT molecular complexity index is 513. The van der Waals surface area contributed by atoms with Gasteiger partial charge in [-0.05, 0) is 29.7 Å². The van der Waals surface area contributed by atoms with E-state index in [1.54, 1.807) is 0 Å². The summed E-state index contributed by atoms with van der Waals surface area (Å²) in [7, 11) is 0. The summed E-state index contributed by atoms with van der Waals surface area (Å²) in [5.74, 6) is 0.0100. The maximum absolute atomic E-state index is 11.3. The van der Waals surface area contributed by atoms with E-state index in [0.717, 1.165) is 17.1 Å². The van der Waals surface area contributed by atoms with Crippen LogP contribution in [0.1, 0.15) is 19.0 Å². The van der Waals surface area contributed by atoms with Crippen LogP contribution in [0.5, 0.6) is 0 Å². The minimum absolute atomic E-state index is 0.0100. The van der Waals surface area contributed by atoms with Gasteiger partial charge in [-0.25, -0.2) is 0 Å². The van der Waals surface area contributed by atoms with Crippen LogP contribution in [0.2, 0.25) is 0 Å². The standard InChI is InChI=1S/C12H14N4OS/c1-2-12(17)14-10-5-3-4-9(6-10)13-7-11-8-18-16-15-11/h3-6,8,13H,2,7H2,1H3,(H,14,17). The monoisotopic (exact) mass is 262 g/mol. The van der Waals surface area contributed by atoms with E-state index in [1.807, 2.05) is 36.6 Å². The van der Waals surface area contributed by atoms with E-state index < -0.39 is 0 Å². The van der Waals surface area contributed by atoms with Crippen molar-refractivity contribution in [2.45, 2.75) is 19.9 Å². The molecule has 2 rings (SSSR count). The Balaban J connectivity index is 1.96. The van der Waals surface area contributed by atoms with Crippen molar-refractivity contribution in [2.75, 3.05) is 10.6 Å². The van der Waals surface area contributed by atoms with Crippen LogP contribution in [0.3, 0.4) is 0 Å². The lowest BCUT2D eigenvalue weighted by atomic mass is 10.2. The van der Waals surface area contributed by atoms with E-state index in [0.29, 0.717) is 13.0 Å². The largest absolute Gasteiger partial charge is 0.379 e. The minimum Gasteiger partial charge on any atom is -0.379 e. The Morgan fingerprint density at radius 3 is 2.94 bits per heavy atom. The fraction of sp³-hybridized carbons (Fsp3) is 0.250. The van der Waals surface area contributed by atoms with Crippen molar-refractivity contribution < 1.29 is 4.79 Å². The molecule has 1 amide bonds. The maximum atomic E-state index is 11.3. The summed E-state index contributed by atoms with van der Waals surface area (Å²) >= 11 is 1.33. The first-order chi connectivity index (χ1) is 8.78. The predicted octanol–water partition coefficient (Wildman–Crippen LogP) is 2.50. The third-order valence-electron chi connectivity index (χ3n) is 2.35. The molecule has 5 nitrogen and oxygen atoms in total. The summed E-state index contributed by atoms with van der Waals surface area (Å²) in [6.07, 6.45) is 0.474. The van der Waals surface area contributed by atoms with Crippen molar-refractivity contribution in [3.8, 4) is 0 Å². The third-order valence-corrected chi connectivity index (χ3v) is 2.90. The van der Waals surface area contributed by atoms with E-state index >= 15 is 0 Å². The molecule has 94 valence electrons. The van der Waals surface area contributed by atoms with E-state index in [-0.39, 0.29) is 5.91 Å². The van der Waals surface area contributed by atoms with Crippen LogP contribution in [0.15, 0.2) is 29.6 Å². The molecule has 18 heavy (non-hydrogen) atoms. The second kappa shape index (κ2) is 6.11. The molecule has 1 heterocycles. The molecular weight excluding hydrogens is 248 g/mol. The number of aromatic nitrogens is 2. The van der Waals surface area contributed by atoms with Gasteiger partial charge < -0.3 is 10.6 Å². The number of amides is 1. The van der Waals surface area contributed by atoms with Crippen LogP contribution in [-0.2, 0) is 11.3 Å². The lowest BCUT2D eigenvalue weighted by Crippen LogP contribution is -2.09. The molecule has 0 bridgehead atoms. The summed E-state index contributed by atoms with van der Waals surface area (Å²) in [5, 5.41) is 11.9. The molecule has 0 radical (unpaired) electrons. The SMILES string of the molecule is CCC(=O)Nc1cccc(NCc2csnn2)c1. The number of benzene rings is 1. The molecule has 0 saturated heterocycles. The molecule has 1 aromatic carbocycles. The zero-order valence-corrected chi connectivity index (χ0v) is 10.8. The normalized spacial score (nSPS) is 10.1. The number of nitrogens with zero attached hydrogens (tertiary/aromatic N) is 2. The number of carbonyl (C=O) groups excluding carboxylic acids is 1. The van der Waals surface area contributed by atoms with Crippen LogP contribution in [0, 0.1) is 0 Å². The average molecular weight is 262 g/mol. The molecular formula is C12H14N4OS. The summed E-state index contributed by atoms with van der Waals surface area (Å²) in [5.41, 5.74) is 2.64. The maximum Gasteiger partial charge on any atom is 0.224 e. The van der Waals surface area contributed by atoms with Gasteiger partial charge in [0.1, 0.15) is 0 Å².